The fraction of sp³-hybridized carbons (Fsp3) is 0.382. The SMILES string of the molecule is C=C(/N=C(\C(C)=C/C)c1ccc(C(=C)NCC#N)cc1)Nc1ccc(N2CCOCC2)c(C(=O)OC2CCN(C)CC2)c1. The Balaban J connectivity index is 1.56. The van der Waals surface area contributed by atoms with Crippen LogP contribution in [0.25, 0.3) is 5.70 Å². The Hall–Kier alpha value is -4.39. The number of hydrogen-bond acceptors (Lipinski definition) is 9. The van der Waals surface area contributed by atoms with Crippen LogP contribution in [0, 0.1) is 11.3 Å². The molecule has 43 heavy (non-hydrogen) atoms. The molecule has 0 amide bonds. The van der Waals surface area contributed by atoms with Gasteiger partial charge in [0, 0.05) is 43.1 Å². The van der Waals surface area contributed by atoms with Crippen molar-refractivity contribution in [2.45, 2.75) is 32.8 Å². The lowest BCUT2D eigenvalue weighted by atomic mass is 10.0. The summed E-state index contributed by atoms with van der Waals surface area (Å²) in [7, 11) is 2.09. The first kappa shape index (κ1) is 31.5. The number of carbonyl (C=O) groups excluding carboxylic acids is 1. The number of nitrogens with zero attached hydrogens (tertiary/aromatic N) is 4. The predicted octanol–water partition coefficient (Wildman–Crippen LogP) is 5.20. The van der Waals surface area contributed by atoms with Crippen molar-refractivity contribution in [2.24, 2.45) is 4.99 Å². The van der Waals surface area contributed by atoms with Crippen LogP contribution in [0.1, 0.15) is 48.2 Å². The van der Waals surface area contributed by atoms with Crippen molar-refractivity contribution >= 4 is 28.8 Å². The van der Waals surface area contributed by atoms with Gasteiger partial charge in [-0.15, -0.1) is 0 Å². The molecule has 0 atom stereocenters. The third-order valence-electron chi connectivity index (χ3n) is 7.74. The second-order valence-corrected chi connectivity index (χ2v) is 10.8. The number of anilines is 2. The highest BCUT2D eigenvalue weighted by Crippen LogP contribution is 2.28. The topological polar surface area (TPSA) is 102 Å². The largest absolute Gasteiger partial charge is 0.459 e. The quantitative estimate of drug-likeness (QED) is 0.212. The molecule has 0 bridgehead atoms. The van der Waals surface area contributed by atoms with Crippen molar-refractivity contribution < 1.29 is 14.3 Å². The average Bonchev–Trinajstić information content (AvgIpc) is 3.03. The van der Waals surface area contributed by atoms with E-state index in [9.17, 15) is 4.79 Å². The van der Waals surface area contributed by atoms with Gasteiger partial charge in [-0.05, 0) is 63.1 Å². The van der Waals surface area contributed by atoms with Crippen molar-refractivity contribution in [3.05, 3.63) is 89.8 Å². The highest BCUT2D eigenvalue weighted by molar-refractivity contribution is 6.12. The van der Waals surface area contributed by atoms with E-state index in [2.05, 4.69) is 46.7 Å². The zero-order valence-electron chi connectivity index (χ0n) is 25.5. The van der Waals surface area contributed by atoms with E-state index < -0.39 is 0 Å². The van der Waals surface area contributed by atoms with Crippen molar-refractivity contribution in [1.29, 1.82) is 5.26 Å². The number of morpholine rings is 1. The molecule has 9 nitrogen and oxygen atoms in total. The molecular formula is C34H42N6O3. The predicted molar refractivity (Wildman–Crippen MR) is 173 cm³/mol. The molecule has 2 saturated heterocycles. The first-order valence-electron chi connectivity index (χ1n) is 14.7. The standard InChI is InChI=1S/C34H42N6O3/c1-6-24(2)33(28-9-7-27(8-10-28)25(3)36-16-15-35)38-26(4)37-29-11-12-32(40-19-21-42-22-20-40)31(23-29)34(41)43-30-13-17-39(5)18-14-30/h6-12,23,30,36-37H,3-4,13-14,16-22H2,1-2,5H3/b24-6-,38-33+. The Morgan fingerprint density at radius 2 is 1.79 bits per heavy atom. The van der Waals surface area contributed by atoms with E-state index in [1.807, 2.05) is 62.4 Å². The van der Waals surface area contributed by atoms with Gasteiger partial charge >= 0.3 is 5.97 Å². The van der Waals surface area contributed by atoms with Crippen LogP contribution in [0.15, 0.2) is 78.1 Å². The van der Waals surface area contributed by atoms with Gasteiger partial charge in [-0.25, -0.2) is 9.79 Å². The molecule has 2 aliphatic heterocycles. The minimum atomic E-state index is -0.315. The molecule has 2 heterocycles. The summed E-state index contributed by atoms with van der Waals surface area (Å²) in [4.78, 5) is 22.8. The van der Waals surface area contributed by atoms with Gasteiger partial charge in [-0.1, -0.05) is 43.5 Å². The van der Waals surface area contributed by atoms with Crippen LogP contribution in [-0.4, -0.2) is 75.7 Å². The number of carbonyl (C=O) groups is 1. The summed E-state index contributed by atoms with van der Waals surface area (Å²) in [5, 5.41) is 15.1. The lowest BCUT2D eigenvalue weighted by Crippen LogP contribution is -2.38. The van der Waals surface area contributed by atoms with Crippen molar-refractivity contribution in [3.8, 4) is 6.07 Å². The summed E-state index contributed by atoms with van der Waals surface area (Å²) in [6.45, 7) is 16.8. The van der Waals surface area contributed by atoms with Crippen LogP contribution in [0.2, 0.25) is 0 Å². The molecule has 0 spiro atoms. The van der Waals surface area contributed by atoms with E-state index in [0.29, 0.717) is 49.1 Å². The summed E-state index contributed by atoms with van der Waals surface area (Å²) < 4.78 is 11.5. The van der Waals surface area contributed by atoms with E-state index in [4.69, 9.17) is 19.7 Å². The molecule has 2 N–H and O–H groups in total. The Labute approximate surface area is 255 Å². The number of ether oxygens (including phenoxy) is 2. The van der Waals surface area contributed by atoms with Gasteiger partial charge in [0.25, 0.3) is 0 Å². The van der Waals surface area contributed by atoms with Crippen molar-refractivity contribution in [2.75, 3.05) is 63.2 Å². The smallest absolute Gasteiger partial charge is 0.340 e. The maximum Gasteiger partial charge on any atom is 0.340 e. The molecule has 226 valence electrons. The van der Waals surface area contributed by atoms with E-state index in [-0.39, 0.29) is 18.6 Å². The summed E-state index contributed by atoms with van der Waals surface area (Å²) in [5.74, 6) is 0.124. The van der Waals surface area contributed by atoms with Crippen LogP contribution >= 0.6 is 0 Å². The fourth-order valence-electron chi connectivity index (χ4n) is 5.10. The lowest BCUT2D eigenvalue weighted by molar-refractivity contribution is 0.0139. The second kappa shape index (κ2) is 15.2. The van der Waals surface area contributed by atoms with E-state index in [0.717, 1.165) is 54.0 Å². The Kier molecular flexibility index (Phi) is 11.1. The van der Waals surface area contributed by atoms with Gasteiger partial charge in [0.2, 0.25) is 0 Å². The number of hydrogen-bond donors (Lipinski definition) is 2. The summed E-state index contributed by atoms with van der Waals surface area (Å²) >= 11 is 0. The van der Waals surface area contributed by atoms with Gasteiger partial charge < -0.3 is 29.9 Å². The van der Waals surface area contributed by atoms with Gasteiger partial charge in [0.1, 0.15) is 18.5 Å². The molecule has 0 unspecified atom stereocenters. The molecule has 2 aromatic rings. The molecule has 9 heteroatoms. The van der Waals surface area contributed by atoms with E-state index in [1.54, 1.807) is 0 Å². The van der Waals surface area contributed by atoms with Crippen molar-refractivity contribution in [3.63, 3.8) is 0 Å². The molecule has 2 aromatic carbocycles. The van der Waals surface area contributed by atoms with Gasteiger partial charge in [0.05, 0.1) is 36.2 Å². The Morgan fingerprint density at radius 3 is 2.44 bits per heavy atom. The molecule has 0 saturated carbocycles. The zero-order valence-corrected chi connectivity index (χ0v) is 25.5. The monoisotopic (exact) mass is 582 g/mol. The molecular weight excluding hydrogens is 540 g/mol. The van der Waals surface area contributed by atoms with Crippen LogP contribution < -0.4 is 15.5 Å². The van der Waals surface area contributed by atoms with Gasteiger partial charge in [-0.3, -0.25) is 0 Å². The number of esters is 1. The first-order chi connectivity index (χ1) is 20.8. The molecule has 2 aliphatic rings. The fourth-order valence-corrected chi connectivity index (χ4v) is 5.10. The van der Waals surface area contributed by atoms with Crippen LogP contribution in [0.3, 0.4) is 0 Å². The van der Waals surface area contributed by atoms with Crippen LogP contribution in [0.5, 0.6) is 0 Å². The highest BCUT2D eigenvalue weighted by atomic mass is 16.5. The minimum absolute atomic E-state index is 0.0885. The normalized spacial score (nSPS) is 16.7. The molecule has 2 fully saturated rings. The molecule has 0 aromatic heterocycles. The summed E-state index contributed by atoms with van der Waals surface area (Å²) in [5.41, 5.74) is 6.33. The number of piperidine rings is 1. The van der Waals surface area contributed by atoms with Gasteiger partial charge in [0.15, 0.2) is 0 Å². The molecule has 0 aliphatic carbocycles. The molecule has 4 rings (SSSR count). The van der Waals surface area contributed by atoms with Gasteiger partial charge in [-0.2, -0.15) is 5.26 Å². The zero-order chi connectivity index (χ0) is 30.8. The molecule has 0 radical (unpaired) electrons. The number of rotatable bonds is 11. The van der Waals surface area contributed by atoms with Crippen molar-refractivity contribution in [1.82, 2.24) is 10.2 Å². The Bertz CT molecular complexity index is 1410. The number of likely N-dealkylation sites (tertiary alicyclic amines) is 1. The number of nitriles is 1. The van der Waals surface area contributed by atoms with E-state index >= 15 is 0 Å². The summed E-state index contributed by atoms with van der Waals surface area (Å²) in [6.07, 6.45) is 3.57. The second-order valence-electron chi connectivity index (χ2n) is 10.8. The average molecular weight is 583 g/mol. The maximum absolute atomic E-state index is 13.5. The third kappa shape index (κ3) is 8.57. The number of allylic oxidation sites excluding steroid dienone is 2. The Morgan fingerprint density at radius 1 is 1.12 bits per heavy atom. The number of nitrogens with one attached hydrogen (secondary N) is 2. The number of aliphatic imine (C=N–C) groups is 1. The van der Waals surface area contributed by atoms with Crippen LogP contribution in [-0.2, 0) is 9.47 Å². The van der Waals surface area contributed by atoms with Crippen LogP contribution in [0.4, 0.5) is 11.4 Å². The number of benzene rings is 2. The van der Waals surface area contributed by atoms with E-state index in [1.165, 1.54) is 0 Å². The highest BCUT2D eigenvalue weighted by Gasteiger charge is 2.25. The minimum Gasteiger partial charge on any atom is -0.459 e. The summed E-state index contributed by atoms with van der Waals surface area (Å²) in [6, 6.07) is 15.6. The first-order valence-corrected chi connectivity index (χ1v) is 14.7. The third-order valence-corrected chi connectivity index (χ3v) is 7.74. The maximum atomic E-state index is 13.5. The lowest BCUT2D eigenvalue weighted by Gasteiger charge is -2.32.